The van der Waals surface area contributed by atoms with Gasteiger partial charge in [0.05, 0.1) is 39.2 Å². The summed E-state index contributed by atoms with van der Waals surface area (Å²) in [5.74, 6) is -5.06. The molecule has 2 aromatic carbocycles. The van der Waals surface area contributed by atoms with Crippen LogP contribution in [0.1, 0.15) is 41.4 Å². The second-order valence-electron chi connectivity index (χ2n) is 5.24. The molecule has 0 N–H and O–H groups in total. The number of carbonyl (C=O) groups excluding carboxylic acids is 4. The first kappa shape index (κ1) is 16.8. The summed E-state index contributed by atoms with van der Waals surface area (Å²) >= 11 is 0. The third-order valence-corrected chi connectivity index (χ3v) is 3.78. The average molecular weight is 354 g/mol. The molecule has 130 valence electrons. The van der Waals surface area contributed by atoms with E-state index < -0.39 is 39.9 Å². The predicted octanol–water partition coefficient (Wildman–Crippen LogP) is -0.878. The normalized spacial score (nSPS) is 12.8. The topological polar surface area (TPSA) is 161 Å². The minimum Gasteiger partial charge on any atom is -0.545 e. The number of amides is 2. The first-order valence-electron chi connectivity index (χ1n) is 6.96. The summed E-state index contributed by atoms with van der Waals surface area (Å²) in [5.41, 5.74) is -2.41. The molecule has 1 aliphatic heterocycles. The van der Waals surface area contributed by atoms with Gasteiger partial charge in [0, 0.05) is 6.07 Å². The van der Waals surface area contributed by atoms with Gasteiger partial charge in [-0.25, -0.2) is 4.90 Å². The highest BCUT2D eigenvalue weighted by atomic mass is 16.6. The molecule has 0 unspecified atom stereocenters. The van der Waals surface area contributed by atoms with Crippen molar-refractivity contribution >= 4 is 35.1 Å². The maximum absolute atomic E-state index is 12.5. The predicted molar refractivity (Wildman–Crippen MR) is 79.3 cm³/mol. The third kappa shape index (κ3) is 2.45. The fourth-order valence-corrected chi connectivity index (χ4v) is 2.59. The Bertz CT molecular complexity index is 1030. The van der Waals surface area contributed by atoms with Crippen molar-refractivity contribution in [3.05, 3.63) is 68.8 Å². The van der Waals surface area contributed by atoms with Gasteiger partial charge >= 0.3 is 0 Å². The molecule has 0 aromatic heterocycles. The number of nitro benzene ring substituents is 1. The van der Waals surface area contributed by atoms with Gasteiger partial charge in [0.15, 0.2) is 0 Å². The Balaban J connectivity index is 2.11. The summed E-state index contributed by atoms with van der Waals surface area (Å²) < 4.78 is 0. The molecule has 0 aliphatic carbocycles. The van der Waals surface area contributed by atoms with Crippen molar-refractivity contribution in [2.45, 2.75) is 0 Å². The molecule has 0 fully saturated rings. The van der Waals surface area contributed by atoms with Crippen LogP contribution >= 0.6 is 0 Å². The largest absolute Gasteiger partial charge is 0.545 e. The Kier molecular flexibility index (Phi) is 3.72. The van der Waals surface area contributed by atoms with Crippen LogP contribution in [0, 0.1) is 10.1 Å². The van der Waals surface area contributed by atoms with Crippen LogP contribution in [0.4, 0.5) is 11.4 Å². The number of rotatable bonds is 4. The number of nitro groups is 1. The summed E-state index contributed by atoms with van der Waals surface area (Å²) in [4.78, 5) is 57.4. The molecular weight excluding hydrogens is 348 g/mol. The van der Waals surface area contributed by atoms with Crippen molar-refractivity contribution in [3.63, 3.8) is 0 Å². The number of hydrogen-bond acceptors (Lipinski definition) is 8. The van der Waals surface area contributed by atoms with E-state index >= 15 is 0 Å². The van der Waals surface area contributed by atoms with Crippen molar-refractivity contribution in [2.24, 2.45) is 0 Å². The van der Waals surface area contributed by atoms with E-state index in [9.17, 15) is 39.5 Å². The molecule has 2 amide bonds. The van der Waals surface area contributed by atoms with Crippen LogP contribution in [0.5, 0.6) is 0 Å². The van der Waals surface area contributed by atoms with Crippen LogP contribution in [0.25, 0.3) is 0 Å². The Hall–Kier alpha value is -4.08. The summed E-state index contributed by atoms with van der Waals surface area (Å²) in [6.45, 7) is 0. The second-order valence-corrected chi connectivity index (χ2v) is 5.24. The lowest BCUT2D eigenvalue weighted by atomic mass is 10.1. The Labute approximate surface area is 144 Å². The van der Waals surface area contributed by atoms with Gasteiger partial charge < -0.3 is 19.8 Å². The number of hydrogen-bond donors (Lipinski definition) is 0. The molecule has 3 rings (SSSR count). The number of carboxylic acid groups (broad SMARTS) is 2. The Morgan fingerprint density at radius 3 is 2.12 bits per heavy atom. The van der Waals surface area contributed by atoms with Gasteiger partial charge in [0.1, 0.15) is 0 Å². The van der Waals surface area contributed by atoms with E-state index in [1.165, 1.54) is 0 Å². The highest BCUT2D eigenvalue weighted by molar-refractivity contribution is 6.34. The molecule has 0 radical (unpaired) electrons. The lowest BCUT2D eigenvalue weighted by Gasteiger charge is -2.15. The summed E-state index contributed by atoms with van der Waals surface area (Å²) in [6, 6.07) is 5.83. The van der Waals surface area contributed by atoms with Gasteiger partial charge in [-0.15, -0.1) is 0 Å². The molecule has 0 saturated carbocycles. The molecule has 0 atom stereocenters. The van der Waals surface area contributed by atoms with Gasteiger partial charge in [-0.1, -0.05) is 6.07 Å². The zero-order chi connectivity index (χ0) is 19.2. The average Bonchev–Trinajstić information content (AvgIpc) is 2.84. The molecule has 0 bridgehead atoms. The van der Waals surface area contributed by atoms with Crippen LogP contribution in [0.2, 0.25) is 0 Å². The van der Waals surface area contributed by atoms with Gasteiger partial charge in [-0.2, -0.15) is 0 Å². The zero-order valence-electron chi connectivity index (χ0n) is 12.6. The Morgan fingerprint density at radius 2 is 1.54 bits per heavy atom. The van der Waals surface area contributed by atoms with Gasteiger partial charge in [0.2, 0.25) is 0 Å². The highest BCUT2D eigenvalue weighted by Gasteiger charge is 2.37. The van der Waals surface area contributed by atoms with Crippen LogP contribution < -0.4 is 15.1 Å². The fourth-order valence-electron chi connectivity index (χ4n) is 2.59. The fraction of sp³-hybridized carbons (Fsp3) is 0. The molecule has 10 heteroatoms. The lowest BCUT2D eigenvalue weighted by Crippen LogP contribution is -2.30. The van der Waals surface area contributed by atoms with Crippen molar-refractivity contribution in [2.75, 3.05) is 4.90 Å². The van der Waals surface area contributed by atoms with Gasteiger partial charge in [-0.05, 0) is 29.8 Å². The maximum atomic E-state index is 12.5. The number of fused-ring (bicyclic) bond motifs is 1. The quantitative estimate of drug-likeness (QED) is 0.388. The SMILES string of the molecule is O=C([O-])c1ccc2c(c1)C(=O)N(c1ccc(C(=O)[O-])c([N+](=O)[O-])c1)C2=O. The summed E-state index contributed by atoms with van der Waals surface area (Å²) in [5, 5.41) is 32.9. The van der Waals surface area contributed by atoms with Crippen LogP contribution in [-0.4, -0.2) is 28.7 Å². The number of imide groups is 1. The second kappa shape index (κ2) is 5.77. The van der Waals surface area contributed by atoms with E-state index in [2.05, 4.69) is 0 Å². The van der Waals surface area contributed by atoms with E-state index in [4.69, 9.17) is 0 Å². The van der Waals surface area contributed by atoms with Crippen molar-refractivity contribution in [1.82, 2.24) is 0 Å². The van der Waals surface area contributed by atoms with E-state index in [0.717, 1.165) is 36.4 Å². The number of aromatic carboxylic acids is 2. The van der Waals surface area contributed by atoms with Gasteiger partial charge in [0.25, 0.3) is 17.5 Å². The molecule has 1 aliphatic rings. The summed E-state index contributed by atoms with van der Waals surface area (Å²) in [6.07, 6.45) is 0. The van der Waals surface area contributed by atoms with E-state index in [1.807, 2.05) is 0 Å². The smallest absolute Gasteiger partial charge is 0.280 e. The van der Waals surface area contributed by atoms with Crippen LogP contribution in [0.15, 0.2) is 36.4 Å². The van der Waals surface area contributed by atoms with E-state index in [0.29, 0.717) is 4.90 Å². The van der Waals surface area contributed by atoms with Crippen molar-refractivity contribution in [1.29, 1.82) is 0 Å². The molecule has 26 heavy (non-hydrogen) atoms. The minimum absolute atomic E-state index is 0.0911. The molecule has 1 heterocycles. The lowest BCUT2D eigenvalue weighted by molar-refractivity contribution is -0.385. The van der Waals surface area contributed by atoms with Gasteiger partial charge in [-0.3, -0.25) is 19.7 Å². The number of nitrogens with zero attached hydrogens (tertiary/aromatic N) is 2. The number of carbonyl (C=O) groups is 4. The zero-order valence-corrected chi connectivity index (χ0v) is 12.6. The molecule has 10 nitrogen and oxygen atoms in total. The summed E-state index contributed by atoms with van der Waals surface area (Å²) in [7, 11) is 0. The molecule has 2 aromatic rings. The monoisotopic (exact) mass is 354 g/mol. The van der Waals surface area contributed by atoms with E-state index in [1.54, 1.807) is 0 Å². The first-order chi connectivity index (χ1) is 12.2. The maximum Gasteiger partial charge on any atom is 0.280 e. The highest BCUT2D eigenvalue weighted by Crippen LogP contribution is 2.32. The minimum atomic E-state index is -1.79. The number of benzene rings is 2. The molecular formula is C16H6N2O8-2. The number of anilines is 1. The first-order valence-corrected chi connectivity index (χ1v) is 6.96. The van der Waals surface area contributed by atoms with Crippen LogP contribution in [0.3, 0.4) is 0 Å². The van der Waals surface area contributed by atoms with Crippen molar-refractivity contribution < 1.29 is 34.3 Å². The third-order valence-electron chi connectivity index (χ3n) is 3.78. The standard InChI is InChI=1S/C16H8N2O8/c19-13-9-3-1-7(15(21)22)5-11(9)14(20)17(13)8-2-4-10(16(23)24)12(6-8)18(25)26/h1-6H,(H,21,22)(H,23,24)/p-2. The van der Waals surface area contributed by atoms with E-state index in [-0.39, 0.29) is 22.4 Å². The molecule has 0 spiro atoms. The number of carboxylic acids is 2. The van der Waals surface area contributed by atoms with Crippen LogP contribution in [-0.2, 0) is 0 Å². The Morgan fingerprint density at radius 1 is 0.885 bits per heavy atom. The molecule has 0 saturated heterocycles. The van der Waals surface area contributed by atoms with Crippen molar-refractivity contribution in [3.8, 4) is 0 Å².